The molecule has 1 N–H and O–H groups in total. The zero-order chi connectivity index (χ0) is 29.5. The first kappa shape index (κ1) is 29.0. The molecule has 1 aliphatic rings. The molecule has 0 saturated carbocycles. The number of nitrogens with one attached hydrogen (secondary N) is 1. The van der Waals surface area contributed by atoms with Gasteiger partial charge in [0.05, 0.1) is 11.7 Å². The zero-order valence-electron chi connectivity index (χ0n) is 25.2. The first-order valence-corrected chi connectivity index (χ1v) is 14.6. The van der Waals surface area contributed by atoms with Crippen molar-refractivity contribution in [3.8, 4) is 11.3 Å². The molecule has 9 heteroatoms. The number of pyridine rings is 1. The van der Waals surface area contributed by atoms with Gasteiger partial charge in [-0.25, -0.2) is 28.7 Å². The summed E-state index contributed by atoms with van der Waals surface area (Å²) >= 11 is 0. The third kappa shape index (κ3) is 5.96. The number of hydrogen-bond acceptors (Lipinski definition) is 6. The fourth-order valence-corrected chi connectivity index (χ4v) is 6.55. The second-order valence-electron chi connectivity index (χ2n) is 12.6. The monoisotopic (exact) mass is 561 g/mol. The average molecular weight is 562 g/mol. The van der Waals surface area contributed by atoms with Crippen molar-refractivity contribution in [2.24, 2.45) is 11.3 Å². The van der Waals surface area contributed by atoms with Crippen LogP contribution >= 0.6 is 0 Å². The minimum atomic E-state index is -0.632. The number of halogens is 2. The molecule has 1 aromatic carbocycles. The van der Waals surface area contributed by atoms with Gasteiger partial charge in [-0.3, -0.25) is 0 Å². The highest BCUT2D eigenvalue weighted by molar-refractivity contribution is 5.83. The van der Waals surface area contributed by atoms with Gasteiger partial charge in [0.1, 0.15) is 22.9 Å². The van der Waals surface area contributed by atoms with Gasteiger partial charge >= 0.3 is 0 Å². The van der Waals surface area contributed by atoms with E-state index in [-0.39, 0.29) is 28.6 Å². The van der Waals surface area contributed by atoms with Crippen LogP contribution in [0.4, 0.5) is 20.5 Å². The lowest BCUT2D eigenvalue weighted by atomic mass is 9.67. The Bertz CT molecular complexity index is 1510. The van der Waals surface area contributed by atoms with Crippen LogP contribution in [0.1, 0.15) is 77.7 Å². The van der Waals surface area contributed by atoms with Gasteiger partial charge in [-0.1, -0.05) is 33.8 Å². The summed E-state index contributed by atoms with van der Waals surface area (Å²) in [6.45, 7) is 18.4. The largest absolute Gasteiger partial charge is 0.326 e. The standard InChI is InChI=1S/C32H41F2N7/c1-8-40-13-11-21(12-14-40)28(32(5,6)7)22-9-10-27(35-17-22)38-31-36-18-25(34)29(39-31)23-15-24(33)30-26(16-23)41(19(2)3)20(4)37-30/h9-10,15-19,21,28H,8,11-14H2,1-7H3,(H,35,36,38,39)/t28-/m0/s1. The molecule has 1 atom stereocenters. The summed E-state index contributed by atoms with van der Waals surface area (Å²) in [5, 5.41) is 3.11. The van der Waals surface area contributed by atoms with Crippen LogP contribution in [0.2, 0.25) is 0 Å². The topological polar surface area (TPSA) is 71.8 Å². The number of anilines is 2. The predicted molar refractivity (Wildman–Crippen MR) is 160 cm³/mol. The summed E-state index contributed by atoms with van der Waals surface area (Å²) < 4.78 is 31.9. The van der Waals surface area contributed by atoms with Crippen molar-refractivity contribution in [2.45, 2.75) is 73.3 Å². The molecule has 1 fully saturated rings. The Labute approximate surface area is 241 Å². The average Bonchev–Trinajstić information content (AvgIpc) is 3.27. The van der Waals surface area contributed by atoms with E-state index in [2.05, 4.69) is 63.9 Å². The van der Waals surface area contributed by atoms with Crippen LogP contribution in [-0.2, 0) is 0 Å². The molecule has 0 radical (unpaired) electrons. The SMILES string of the molecule is CCN1CCC([C@@H](c2ccc(Nc3ncc(F)c(-c4cc(F)c5nc(C)n(C(C)C)c5c4)n3)nc2)C(C)(C)C)CC1. The number of rotatable bonds is 7. The maximum Gasteiger partial charge on any atom is 0.229 e. The minimum absolute atomic E-state index is 0.0142. The Balaban J connectivity index is 1.40. The molecule has 218 valence electrons. The van der Waals surface area contributed by atoms with Gasteiger partial charge < -0.3 is 14.8 Å². The third-order valence-electron chi connectivity index (χ3n) is 8.33. The molecule has 0 spiro atoms. The summed E-state index contributed by atoms with van der Waals surface area (Å²) in [5.41, 5.74) is 2.53. The number of aryl methyl sites for hydroxylation is 1. The number of benzene rings is 1. The van der Waals surface area contributed by atoms with Crippen molar-refractivity contribution in [3.63, 3.8) is 0 Å². The van der Waals surface area contributed by atoms with E-state index >= 15 is 4.39 Å². The lowest BCUT2D eigenvalue weighted by molar-refractivity contribution is 0.132. The van der Waals surface area contributed by atoms with Crippen molar-refractivity contribution in [2.75, 3.05) is 25.0 Å². The van der Waals surface area contributed by atoms with Gasteiger partial charge in [0.2, 0.25) is 5.95 Å². The van der Waals surface area contributed by atoms with E-state index < -0.39 is 11.6 Å². The zero-order valence-corrected chi connectivity index (χ0v) is 25.2. The van der Waals surface area contributed by atoms with Crippen LogP contribution in [-0.4, -0.2) is 49.0 Å². The van der Waals surface area contributed by atoms with Gasteiger partial charge in [-0.05, 0) is 94.3 Å². The quantitative estimate of drug-likeness (QED) is 0.250. The third-order valence-corrected chi connectivity index (χ3v) is 8.33. The van der Waals surface area contributed by atoms with Crippen molar-refractivity contribution in [1.82, 2.24) is 29.4 Å². The molecule has 0 amide bonds. The number of nitrogens with zero attached hydrogens (tertiary/aromatic N) is 6. The van der Waals surface area contributed by atoms with Gasteiger partial charge in [0, 0.05) is 17.8 Å². The lowest BCUT2D eigenvalue weighted by Gasteiger charge is -2.42. The molecular formula is C32H41F2N7. The van der Waals surface area contributed by atoms with E-state index in [0.717, 1.165) is 25.8 Å². The Morgan fingerprint density at radius 2 is 1.73 bits per heavy atom. The van der Waals surface area contributed by atoms with Crippen molar-refractivity contribution >= 4 is 22.8 Å². The van der Waals surface area contributed by atoms with Gasteiger partial charge in [0.15, 0.2) is 11.6 Å². The van der Waals surface area contributed by atoms with Crippen LogP contribution in [0.5, 0.6) is 0 Å². The van der Waals surface area contributed by atoms with Gasteiger partial charge in [-0.15, -0.1) is 0 Å². The number of fused-ring (bicyclic) bond motifs is 1. The van der Waals surface area contributed by atoms with E-state index in [1.165, 1.54) is 24.5 Å². The van der Waals surface area contributed by atoms with E-state index in [1.54, 1.807) is 6.07 Å². The highest BCUT2D eigenvalue weighted by Gasteiger charge is 2.35. The van der Waals surface area contributed by atoms with Crippen molar-refractivity contribution in [3.05, 3.63) is 59.7 Å². The van der Waals surface area contributed by atoms with E-state index in [1.807, 2.05) is 37.6 Å². The van der Waals surface area contributed by atoms with Crippen molar-refractivity contribution < 1.29 is 8.78 Å². The Kier molecular flexibility index (Phi) is 8.10. The second kappa shape index (κ2) is 11.4. The summed E-state index contributed by atoms with van der Waals surface area (Å²) in [7, 11) is 0. The van der Waals surface area contributed by atoms with Crippen LogP contribution < -0.4 is 5.32 Å². The molecule has 4 aromatic rings. The fourth-order valence-electron chi connectivity index (χ4n) is 6.55. The van der Waals surface area contributed by atoms with E-state index in [4.69, 9.17) is 0 Å². The molecule has 0 aliphatic carbocycles. The van der Waals surface area contributed by atoms with Crippen LogP contribution in [0.15, 0.2) is 36.7 Å². The normalized spacial score (nSPS) is 16.0. The Hall–Kier alpha value is -3.46. The summed E-state index contributed by atoms with van der Waals surface area (Å²) in [6, 6.07) is 7.13. The number of aromatic nitrogens is 5. The lowest BCUT2D eigenvalue weighted by Crippen LogP contribution is -2.38. The fraction of sp³-hybridized carbons (Fsp3) is 0.500. The summed E-state index contributed by atoms with van der Waals surface area (Å²) in [5.74, 6) is 1.31. The molecule has 0 bridgehead atoms. The summed E-state index contributed by atoms with van der Waals surface area (Å²) in [4.78, 5) is 20.1. The number of piperidine rings is 1. The van der Waals surface area contributed by atoms with E-state index in [0.29, 0.717) is 34.6 Å². The predicted octanol–water partition coefficient (Wildman–Crippen LogP) is 7.66. The molecule has 1 saturated heterocycles. The molecule has 3 aromatic heterocycles. The first-order chi connectivity index (χ1) is 19.5. The smallest absolute Gasteiger partial charge is 0.229 e. The molecule has 7 nitrogen and oxygen atoms in total. The highest BCUT2D eigenvalue weighted by Crippen LogP contribution is 2.44. The van der Waals surface area contributed by atoms with Gasteiger partial charge in [0.25, 0.3) is 0 Å². The molecule has 0 unspecified atom stereocenters. The highest BCUT2D eigenvalue weighted by atomic mass is 19.1. The van der Waals surface area contributed by atoms with E-state index in [9.17, 15) is 4.39 Å². The Morgan fingerprint density at radius 3 is 2.34 bits per heavy atom. The van der Waals surface area contributed by atoms with Crippen LogP contribution in [0.3, 0.4) is 0 Å². The van der Waals surface area contributed by atoms with Crippen molar-refractivity contribution in [1.29, 1.82) is 0 Å². The summed E-state index contributed by atoms with van der Waals surface area (Å²) in [6.07, 6.45) is 5.41. The number of imidazole rings is 1. The second-order valence-corrected chi connectivity index (χ2v) is 12.6. The molecule has 41 heavy (non-hydrogen) atoms. The maximum atomic E-state index is 15.1. The first-order valence-electron chi connectivity index (χ1n) is 14.6. The molecular weight excluding hydrogens is 520 g/mol. The number of likely N-dealkylation sites (tertiary alicyclic amines) is 1. The van der Waals surface area contributed by atoms with Crippen LogP contribution in [0, 0.1) is 29.9 Å². The molecule has 1 aliphatic heterocycles. The molecule has 4 heterocycles. The number of hydrogen-bond donors (Lipinski definition) is 1. The Morgan fingerprint density at radius 1 is 1.00 bits per heavy atom. The maximum absolute atomic E-state index is 15.1. The molecule has 5 rings (SSSR count). The van der Waals surface area contributed by atoms with Crippen LogP contribution in [0.25, 0.3) is 22.3 Å². The van der Waals surface area contributed by atoms with Gasteiger partial charge in [-0.2, -0.15) is 0 Å². The minimum Gasteiger partial charge on any atom is -0.326 e.